The number of hydrogen-bond acceptors (Lipinski definition) is 6. The van der Waals surface area contributed by atoms with Crippen molar-refractivity contribution in [3.05, 3.63) is 24.3 Å². The highest BCUT2D eigenvalue weighted by molar-refractivity contribution is 8.00. The number of thioether (sulfide) groups is 1. The van der Waals surface area contributed by atoms with E-state index in [1.54, 1.807) is 14.0 Å². The summed E-state index contributed by atoms with van der Waals surface area (Å²) >= 11 is 1.20. The molecule has 7 nitrogen and oxygen atoms in total. The molecular formula is C11H13N5O2S. The van der Waals surface area contributed by atoms with Gasteiger partial charge in [-0.05, 0) is 29.5 Å². The summed E-state index contributed by atoms with van der Waals surface area (Å²) in [5.74, 6) is 0.225. The fourth-order valence-electron chi connectivity index (χ4n) is 1.42. The number of carbonyl (C=O) groups is 1. The molecule has 2 rings (SSSR count). The number of ether oxygens (including phenoxy) is 1. The van der Waals surface area contributed by atoms with Crippen LogP contribution in [0.25, 0.3) is 5.69 Å². The van der Waals surface area contributed by atoms with Crippen LogP contribution in [0.3, 0.4) is 0 Å². The van der Waals surface area contributed by atoms with Crippen LogP contribution in [0.2, 0.25) is 0 Å². The third-order valence-electron chi connectivity index (χ3n) is 2.44. The highest BCUT2D eigenvalue weighted by Gasteiger charge is 2.18. The molecule has 1 unspecified atom stereocenters. The molecule has 100 valence electrons. The molecule has 1 amide bonds. The van der Waals surface area contributed by atoms with Crippen molar-refractivity contribution in [1.82, 2.24) is 20.2 Å². The van der Waals surface area contributed by atoms with Crippen molar-refractivity contribution >= 4 is 17.7 Å². The number of methoxy groups -OCH3 is 1. The van der Waals surface area contributed by atoms with Gasteiger partial charge in [0.1, 0.15) is 11.4 Å². The number of benzene rings is 1. The molecule has 2 aromatic rings. The number of carbonyl (C=O) groups excluding carboxylic acids is 1. The number of amides is 1. The Morgan fingerprint density at radius 2 is 2.21 bits per heavy atom. The molecule has 0 radical (unpaired) electrons. The van der Waals surface area contributed by atoms with Crippen molar-refractivity contribution in [2.24, 2.45) is 5.73 Å². The first-order chi connectivity index (χ1) is 9.13. The first-order valence-corrected chi connectivity index (χ1v) is 6.39. The second-order valence-electron chi connectivity index (χ2n) is 3.71. The van der Waals surface area contributed by atoms with E-state index in [-0.39, 0.29) is 0 Å². The third-order valence-corrected chi connectivity index (χ3v) is 3.49. The molecule has 0 spiro atoms. The second-order valence-corrected chi connectivity index (χ2v) is 5.02. The summed E-state index contributed by atoms with van der Waals surface area (Å²) in [6, 6.07) is 7.34. The number of aromatic nitrogens is 4. The average molecular weight is 279 g/mol. The van der Waals surface area contributed by atoms with Gasteiger partial charge in [0.25, 0.3) is 0 Å². The minimum Gasteiger partial charge on any atom is -0.494 e. The monoisotopic (exact) mass is 279 g/mol. The third kappa shape index (κ3) is 2.84. The number of hydrogen-bond donors (Lipinski definition) is 1. The highest BCUT2D eigenvalue weighted by atomic mass is 32.2. The molecule has 1 aromatic carbocycles. The van der Waals surface area contributed by atoms with Crippen LogP contribution in [0.15, 0.2) is 29.4 Å². The molecule has 1 aromatic heterocycles. The van der Waals surface area contributed by atoms with Crippen molar-refractivity contribution in [2.45, 2.75) is 17.3 Å². The van der Waals surface area contributed by atoms with Gasteiger partial charge in [0.05, 0.1) is 12.4 Å². The van der Waals surface area contributed by atoms with Gasteiger partial charge in [-0.25, -0.2) is 0 Å². The summed E-state index contributed by atoms with van der Waals surface area (Å²) in [7, 11) is 1.57. The van der Waals surface area contributed by atoms with Crippen LogP contribution < -0.4 is 10.5 Å². The number of primary amides is 1. The van der Waals surface area contributed by atoms with E-state index in [9.17, 15) is 4.79 Å². The van der Waals surface area contributed by atoms with Gasteiger partial charge in [0.2, 0.25) is 11.1 Å². The number of nitrogens with zero attached hydrogens (tertiary/aromatic N) is 4. The Labute approximate surface area is 114 Å². The summed E-state index contributed by atoms with van der Waals surface area (Å²) in [5, 5.41) is 11.5. The molecule has 0 aliphatic carbocycles. The van der Waals surface area contributed by atoms with Gasteiger partial charge in [0, 0.05) is 0 Å². The zero-order valence-corrected chi connectivity index (χ0v) is 11.3. The van der Waals surface area contributed by atoms with Gasteiger partial charge in [-0.1, -0.05) is 23.9 Å². The molecule has 0 saturated heterocycles. The van der Waals surface area contributed by atoms with E-state index in [2.05, 4.69) is 15.5 Å². The second kappa shape index (κ2) is 5.70. The van der Waals surface area contributed by atoms with Gasteiger partial charge in [-0.15, -0.1) is 5.10 Å². The maximum Gasteiger partial charge on any atom is 0.230 e. The van der Waals surface area contributed by atoms with Crippen LogP contribution in [0.4, 0.5) is 0 Å². The maximum atomic E-state index is 11.1. The first-order valence-electron chi connectivity index (χ1n) is 5.51. The van der Waals surface area contributed by atoms with Gasteiger partial charge < -0.3 is 10.5 Å². The number of nitrogens with two attached hydrogens (primary N) is 1. The summed E-state index contributed by atoms with van der Waals surface area (Å²) in [5.41, 5.74) is 5.94. The largest absolute Gasteiger partial charge is 0.494 e. The fraction of sp³-hybridized carbons (Fsp3) is 0.273. The van der Waals surface area contributed by atoms with Crippen LogP contribution >= 0.6 is 11.8 Å². The molecule has 2 N–H and O–H groups in total. The Balaban J connectivity index is 2.36. The predicted molar refractivity (Wildman–Crippen MR) is 70.2 cm³/mol. The lowest BCUT2D eigenvalue weighted by Crippen LogP contribution is -2.23. The van der Waals surface area contributed by atoms with E-state index in [0.717, 1.165) is 0 Å². The van der Waals surface area contributed by atoms with E-state index < -0.39 is 11.2 Å². The van der Waals surface area contributed by atoms with Crippen molar-refractivity contribution < 1.29 is 9.53 Å². The summed E-state index contributed by atoms with van der Waals surface area (Å²) in [6.45, 7) is 1.70. The highest BCUT2D eigenvalue weighted by Crippen LogP contribution is 2.27. The summed E-state index contributed by atoms with van der Waals surface area (Å²) in [4.78, 5) is 11.1. The zero-order chi connectivity index (χ0) is 13.8. The molecule has 0 fully saturated rings. The van der Waals surface area contributed by atoms with Gasteiger partial charge in [-0.3, -0.25) is 4.79 Å². The van der Waals surface area contributed by atoms with Crippen molar-refractivity contribution in [3.63, 3.8) is 0 Å². The molecule has 0 bridgehead atoms. The lowest BCUT2D eigenvalue weighted by atomic mass is 10.3. The molecule has 1 heterocycles. The Kier molecular flexibility index (Phi) is 4.00. The lowest BCUT2D eigenvalue weighted by Gasteiger charge is -2.10. The van der Waals surface area contributed by atoms with Gasteiger partial charge in [0.15, 0.2) is 0 Å². The van der Waals surface area contributed by atoms with Crippen LogP contribution in [-0.2, 0) is 4.79 Å². The van der Waals surface area contributed by atoms with E-state index in [4.69, 9.17) is 10.5 Å². The average Bonchev–Trinajstić information content (AvgIpc) is 2.86. The number of tetrazole rings is 1. The quantitative estimate of drug-likeness (QED) is 0.807. The molecule has 19 heavy (non-hydrogen) atoms. The smallest absolute Gasteiger partial charge is 0.230 e. The SMILES string of the molecule is COc1ccccc1-n1nnnc1SC(C)C(N)=O. The normalized spacial score (nSPS) is 12.1. The van der Waals surface area contributed by atoms with E-state index in [1.807, 2.05) is 24.3 Å². The van der Waals surface area contributed by atoms with Crippen molar-refractivity contribution in [2.75, 3.05) is 7.11 Å². The van der Waals surface area contributed by atoms with Crippen molar-refractivity contribution in [1.29, 1.82) is 0 Å². The van der Waals surface area contributed by atoms with Crippen LogP contribution in [0.5, 0.6) is 5.75 Å². The Morgan fingerprint density at radius 3 is 2.89 bits per heavy atom. The molecule has 0 saturated carbocycles. The predicted octanol–water partition coefficient (Wildman–Crippen LogP) is 0.637. The zero-order valence-electron chi connectivity index (χ0n) is 10.5. The Bertz CT molecular complexity index is 586. The maximum absolute atomic E-state index is 11.1. The molecule has 1 atom stereocenters. The summed E-state index contributed by atoms with van der Waals surface area (Å²) in [6.07, 6.45) is 0. The van der Waals surface area contributed by atoms with E-state index >= 15 is 0 Å². The van der Waals surface area contributed by atoms with E-state index in [0.29, 0.717) is 16.6 Å². The number of para-hydroxylation sites is 2. The molecule has 0 aliphatic heterocycles. The summed E-state index contributed by atoms with van der Waals surface area (Å²) < 4.78 is 6.78. The molecule has 0 aliphatic rings. The molecule has 8 heteroatoms. The van der Waals surface area contributed by atoms with Crippen LogP contribution in [0, 0.1) is 0 Å². The fourth-order valence-corrected chi connectivity index (χ4v) is 2.18. The Morgan fingerprint density at radius 1 is 1.47 bits per heavy atom. The van der Waals surface area contributed by atoms with Gasteiger partial charge in [-0.2, -0.15) is 4.68 Å². The topological polar surface area (TPSA) is 95.9 Å². The standard InChI is InChI=1S/C11H13N5O2S/c1-7(10(12)17)19-11-13-14-15-16(11)8-5-3-4-6-9(8)18-2/h3-7H,1-2H3,(H2,12,17). The van der Waals surface area contributed by atoms with Crippen LogP contribution in [0.1, 0.15) is 6.92 Å². The van der Waals surface area contributed by atoms with E-state index in [1.165, 1.54) is 16.4 Å². The number of rotatable bonds is 5. The Hall–Kier alpha value is -2.09. The van der Waals surface area contributed by atoms with Crippen molar-refractivity contribution in [3.8, 4) is 11.4 Å². The minimum absolute atomic E-state index is 0.417. The first kappa shape index (κ1) is 13.3. The van der Waals surface area contributed by atoms with Gasteiger partial charge >= 0.3 is 0 Å². The lowest BCUT2D eigenvalue weighted by molar-refractivity contribution is -0.117. The minimum atomic E-state index is -0.417. The molecular weight excluding hydrogens is 266 g/mol. The van der Waals surface area contributed by atoms with Crippen LogP contribution in [-0.4, -0.2) is 38.5 Å².